The second kappa shape index (κ2) is 6.55. The summed E-state index contributed by atoms with van der Waals surface area (Å²) in [7, 11) is 0. The lowest BCUT2D eigenvalue weighted by atomic mass is 9.72. The third-order valence-corrected chi connectivity index (χ3v) is 4.30. The van der Waals surface area contributed by atoms with Crippen LogP contribution in [0.4, 0.5) is 13.2 Å². The van der Waals surface area contributed by atoms with Crippen molar-refractivity contribution in [2.45, 2.75) is 38.0 Å². The Hall–Kier alpha value is -2.28. The van der Waals surface area contributed by atoms with Gasteiger partial charge in [-0.05, 0) is 36.3 Å². The molecule has 0 bridgehead atoms. The van der Waals surface area contributed by atoms with Crippen LogP contribution < -0.4 is 0 Å². The van der Waals surface area contributed by atoms with Crippen LogP contribution in [-0.4, -0.2) is 21.3 Å². The zero-order valence-electron chi connectivity index (χ0n) is 13.5. The Morgan fingerprint density at radius 1 is 1.24 bits per heavy atom. The van der Waals surface area contributed by atoms with Crippen LogP contribution in [0.1, 0.15) is 37.3 Å². The predicted molar refractivity (Wildman–Crippen MR) is 84.8 cm³/mol. The Morgan fingerprint density at radius 3 is 2.44 bits per heavy atom. The summed E-state index contributed by atoms with van der Waals surface area (Å²) in [6.07, 6.45) is 0.00720. The molecule has 0 aliphatic heterocycles. The number of alkyl halides is 3. The van der Waals surface area contributed by atoms with Crippen molar-refractivity contribution in [3.63, 3.8) is 0 Å². The first-order valence-corrected chi connectivity index (χ1v) is 7.77. The van der Waals surface area contributed by atoms with Gasteiger partial charge in [-0.15, -0.1) is 0 Å². The quantitative estimate of drug-likeness (QED) is 0.692. The monoisotopic (exact) mass is 356 g/mol. The van der Waals surface area contributed by atoms with Crippen LogP contribution in [0.2, 0.25) is 0 Å². The number of allylic oxidation sites excluding steroid dienone is 2. The molecule has 0 amide bonds. The summed E-state index contributed by atoms with van der Waals surface area (Å²) in [5, 5.41) is 30.1. The van der Waals surface area contributed by atoms with Gasteiger partial charge in [0.25, 0.3) is 0 Å². The number of benzene rings is 1. The number of carboxylic acids is 1. The van der Waals surface area contributed by atoms with E-state index in [1.165, 1.54) is 18.2 Å². The van der Waals surface area contributed by atoms with Gasteiger partial charge in [-0.2, -0.15) is 13.2 Å². The van der Waals surface area contributed by atoms with E-state index in [0.717, 1.165) is 24.3 Å². The number of rotatable bonds is 5. The Balaban J connectivity index is 2.46. The minimum Gasteiger partial charge on any atom is -0.509 e. The van der Waals surface area contributed by atoms with Crippen LogP contribution in [0.25, 0.3) is 0 Å². The van der Waals surface area contributed by atoms with Gasteiger partial charge in [0.1, 0.15) is 5.76 Å². The standard InChI is InChI=1S/C18H19F3O4/c1-2-6-16(11-15(23)24)7-8-17(25,14(22)10-16)12-4-3-5-13(9-12)18(19,20)21/h3-5,7-10,22,25H,2,6,11H2,1H3,(H,23,24). The highest BCUT2D eigenvalue weighted by Gasteiger charge is 2.41. The zero-order chi connectivity index (χ0) is 18.9. The summed E-state index contributed by atoms with van der Waals surface area (Å²) >= 11 is 0. The van der Waals surface area contributed by atoms with E-state index in [9.17, 15) is 28.2 Å². The first-order valence-electron chi connectivity index (χ1n) is 7.77. The topological polar surface area (TPSA) is 77.8 Å². The van der Waals surface area contributed by atoms with Crippen LogP contribution in [0, 0.1) is 5.41 Å². The molecule has 1 aliphatic carbocycles. The van der Waals surface area contributed by atoms with Gasteiger partial charge in [0, 0.05) is 5.41 Å². The molecule has 7 heteroatoms. The van der Waals surface area contributed by atoms with E-state index in [1.54, 1.807) is 0 Å². The van der Waals surface area contributed by atoms with Crippen molar-refractivity contribution in [2.75, 3.05) is 0 Å². The number of aliphatic hydroxyl groups excluding tert-OH is 1. The third kappa shape index (κ3) is 3.87. The Labute approximate surface area is 142 Å². The summed E-state index contributed by atoms with van der Waals surface area (Å²) in [5.74, 6) is -1.66. The fourth-order valence-electron chi connectivity index (χ4n) is 3.08. The first-order chi connectivity index (χ1) is 11.5. The van der Waals surface area contributed by atoms with Crippen LogP contribution in [0.5, 0.6) is 0 Å². The summed E-state index contributed by atoms with van der Waals surface area (Å²) in [6, 6.07) is 4.04. The first kappa shape index (κ1) is 19.1. The van der Waals surface area contributed by atoms with Gasteiger partial charge in [0.2, 0.25) is 0 Å². The normalized spacial score (nSPS) is 26.4. The Kier molecular flexibility index (Phi) is 4.99. The van der Waals surface area contributed by atoms with E-state index < -0.39 is 34.5 Å². The van der Waals surface area contributed by atoms with Gasteiger partial charge in [0.05, 0.1) is 12.0 Å². The molecule has 0 fully saturated rings. The predicted octanol–water partition coefficient (Wildman–Crippen LogP) is 4.17. The molecule has 25 heavy (non-hydrogen) atoms. The van der Waals surface area contributed by atoms with Crippen molar-refractivity contribution in [1.29, 1.82) is 0 Å². The molecule has 0 saturated carbocycles. The molecule has 3 N–H and O–H groups in total. The van der Waals surface area contributed by atoms with Crippen LogP contribution in [-0.2, 0) is 16.6 Å². The van der Waals surface area contributed by atoms with E-state index in [-0.39, 0.29) is 12.0 Å². The highest BCUT2D eigenvalue weighted by Crippen LogP contribution is 2.44. The van der Waals surface area contributed by atoms with Crippen LogP contribution >= 0.6 is 0 Å². The zero-order valence-corrected chi connectivity index (χ0v) is 13.5. The molecule has 2 unspecified atom stereocenters. The number of hydrogen-bond donors (Lipinski definition) is 3. The van der Waals surface area contributed by atoms with E-state index in [0.29, 0.717) is 12.8 Å². The average molecular weight is 356 g/mol. The number of aliphatic carboxylic acids is 1. The molecule has 1 aromatic rings. The second-order valence-corrected chi connectivity index (χ2v) is 6.26. The average Bonchev–Trinajstić information content (AvgIpc) is 2.50. The smallest absolute Gasteiger partial charge is 0.416 e. The Bertz CT molecular complexity index is 723. The van der Waals surface area contributed by atoms with Crippen molar-refractivity contribution in [1.82, 2.24) is 0 Å². The molecular weight excluding hydrogens is 337 g/mol. The second-order valence-electron chi connectivity index (χ2n) is 6.26. The van der Waals surface area contributed by atoms with Gasteiger partial charge in [-0.1, -0.05) is 31.6 Å². The maximum atomic E-state index is 12.9. The molecule has 0 heterocycles. The minimum absolute atomic E-state index is 0.146. The molecule has 2 atom stereocenters. The van der Waals surface area contributed by atoms with Crippen molar-refractivity contribution in [2.24, 2.45) is 5.41 Å². The molecule has 2 rings (SSSR count). The van der Waals surface area contributed by atoms with E-state index in [2.05, 4.69) is 0 Å². The molecule has 0 saturated heterocycles. The SMILES string of the molecule is CCCC1(CC(=O)O)C=CC(O)(c2cccc(C(F)(F)F)c2)C(O)=C1. The van der Waals surface area contributed by atoms with Gasteiger partial charge < -0.3 is 15.3 Å². The number of carboxylic acid groups (broad SMARTS) is 1. The van der Waals surface area contributed by atoms with Gasteiger partial charge in [0.15, 0.2) is 5.60 Å². The summed E-state index contributed by atoms with van der Waals surface area (Å²) in [6.45, 7) is 1.84. The molecule has 0 radical (unpaired) electrons. The van der Waals surface area contributed by atoms with Crippen molar-refractivity contribution < 1.29 is 33.3 Å². The number of hydrogen-bond acceptors (Lipinski definition) is 3. The molecule has 1 aliphatic rings. The van der Waals surface area contributed by atoms with Gasteiger partial charge in [-0.25, -0.2) is 0 Å². The highest BCUT2D eigenvalue weighted by molar-refractivity contribution is 5.69. The van der Waals surface area contributed by atoms with Crippen LogP contribution in [0.15, 0.2) is 48.3 Å². The number of aliphatic hydroxyl groups is 2. The van der Waals surface area contributed by atoms with Gasteiger partial charge >= 0.3 is 12.1 Å². The van der Waals surface area contributed by atoms with E-state index in [1.807, 2.05) is 6.92 Å². The molecule has 0 spiro atoms. The fraction of sp³-hybridized carbons (Fsp3) is 0.389. The maximum absolute atomic E-state index is 12.9. The largest absolute Gasteiger partial charge is 0.509 e. The van der Waals surface area contributed by atoms with Crippen LogP contribution in [0.3, 0.4) is 0 Å². The summed E-state index contributed by atoms with van der Waals surface area (Å²) < 4.78 is 38.6. The highest BCUT2D eigenvalue weighted by atomic mass is 19.4. The summed E-state index contributed by atoms with van der Waals surface area (Å²) in [4.78, 5) is 11.1. The maximum Gasteiger partial charge on any atom is 0.416 e. The van der Waals surface area contributed by atoms with Crippen molar-refractivity contribution in [3.05, 3.63) is 59.4 Å². The number of carbonyl (C=O) groups is 1. The molecule has 1 aromatic carbocycles. The lowest BCUT2D eigenvalue weighted by Gasteiger charge is -2.35. The molecule has 0 aromatic heterocycles. The molecular formula is C18H19F3O4. The van der Waals surface area contributed by atoms with Gasteiger partial charge in [-0.3, -0.25) is 4.79 Å². The van der Waals surface area contributed by atoms with Crippen molar-refractivity contribution in [3.8, 4) is 0 Å². The molecule has 4 nitrogen and oxygen atoms in total. The summed E-state index contributed by atoms with van der Waals surface area (Å²) in [5.41, 5.74) is -4.21. The lowest BCUT2D eigenvalue weighted by molar-refractivity contribution is -0.139. The third-order valence-electron chi connectivity index (χ3n) is 4.30. The Morgan fingerprint density at radius 2 is 1.92 bits per heavy atom. The molecule has 136 valence electrons. The van der Waals surface area contributed by atoms with E-state index >= 15 is 0 Å². The number of halogens is 3. The van der Waals surface area contributed by atoms with Crippen molar-refractivity contribution >= 4 is 5.97 Å². The minimum atomic E-state index is -4.58. The fourth-order valence-corrected chi connectivity index (χ4v) is 3.08. The lowest BCUT2D eigenvalue weighted by Crippen LogP contribution is -2.34. The van der Waals surface area contributed by atoms with E-state index in [4.69, 9.17) is 5.11 Å².